The predicted octanol–water partition coefficient (Wildman–Crippen LogP) is 4.45. The number of aromatic amines is 1. The van der Waals surface area contributed by atoms with E-state index in [9.17, 15) is 18.0 Å². The lowest BCUT2D eigenvalue weighted by molar-refractivity contribution is -0.173. The summed E-state index contributed by atoms with van der Waals surface area (Å²) in [7, 11) is 0. The number of carbonyl (C=O) groups is 1. The van der Waals surface area contributed by atoms with Crippen LogP contribution >= 0.6 is 0 Å². The van der Waals surface area contributed by atoms with Crippen molar-refractivity contribution >= 4 is 11.7 Å². The summed E-state index contributed by atoms with van der Waals surface area (Å²) in [6, 6.07) is 1.73. The molecule has 0 saturated carbocycles. The van der Waals surface area contributed by atoms with Crippen molar-refractivity contribution in [2.24, 2.45) is 0 Å². The highest BCUT2D eigenvalue weighted by molar-refractivity contribution is 5.92. The van der Waals surface area contributed by atoms with Crippen molar-refractivity contribution in [2.75, 3.05) is 18.4 Å². The molecule has 0 bridgehead atoms. The zero-order valence-electron chi connectivity index (χ0n) is 18.0. The molecular weight excluding hydrogens is 409 g/mol. The smallest absolute Gasteiger partial charge is 0.367 e. The number of H-pyrrole nitrogens is 1. The number of rotatable bonds is 4. The summed E-state index contributed by atoms with van der Waals surface area (Å²) in [6.45, 7) is 7.00. The van der Waals surface area contributed by atoms with Gasteiger partial charge in [-0.25, -0.2) is 4.68 Å². The SMILES string of the molecule is CC[C@@H]1C[C@H](C(F)(F)F)n2nc(C3CCN(C(=O)c4cc(C(C)C)[nH]n4)CC3)cc2N1. The van der Waals surface area contributed by atoms with Gasteiger partial charge in [-0.05, 0) is 37.7 Å². The second-order valence-electron chi connectivity index (χ2n) is 8.87. The molecule has 0 aliphatic carbocycles. The largest absolute Gasteiger partial charge is 0.410 e. The van der Waals surface area contributed by atoms with Crippen LogP contribution in [0.25, 0.3) is 0 Å². The Bertz CT molecular complexity index is 926. The van der Waals surface area contributed by atoms with Crippen LogP contribution in [-0.4, -0.2) is 56.1 Å². The first kappa shape index (κ1) is 21.7. The molecule has 0 unspecified atom stereocenters. The second-order valence-corrected chi connectivity index (χ2v) is 8.87. The van der Waals surface area contributed by atoms with Crippen LogP contribution in [0.2, 0.25) is 0 Å². The summed E-state index contributed by atoms with van der Waals surface area (Å²) < 4.78 is 41.9. The molecule has 2 aliphatic heterocycles. The number of hydrogen-bond acceptors (Lipinski definition) is 4. The minimum absolute atomic E-state index is 0.0108. The molecule has 0 spiro atoms. The first-order valence-corrected chi connectivity index (χ1v) is 10.9. The van der Waals surface area contributed by atoms with Crippen LogP contribution in [0.5, 0.6) is 0 Å². The molecule has 31 heavy (non-hydrogen) atoms. The van der Waals surface area contributed by atoms with Gasteiger partial charge in [0.15, 0.2) is 6.04 Å². The van der Waals surface area contributed by atoms with E-state index in [0.717, 1.165) is 10.4 Å². The van der Waals surface area contributed by atoms with Gasteiger partial charge in [-0.2, -0.15) is 23.4 Å². The molecule has 10 heteroatoms. The van der Waals surface area contributed by atoms with Crippen molar-refractivity contribution in [2.45, 2.75) is 76.6 Å². The van der Waals surface area contributed by atoms with E-state index in [1.807, 2.05) is 20.8 Å². The third kappa shape index (κ3) is 4.29. The molecule has 1 amide bonds. The Morgan fingerprint density at radius 2 is 1.97 bits per heavy atom. The average Bonchev–Trinajstić information content (AvgIpc) is 3.39. The van der Waals surface area contributed by atoms with E-state index >= 15 is 0 Å². The van der Waals surface area contributed by atoms with Crippen LogP contribution in [0.3, 0.4) is 0 Å². The normalized spacial score (nSPS) is 22.5. The fourth-order valence-electron chi connectivity index (χ4n) is 4.42. The molecular formula is C21H29F3N6O. The van der Waals surface area contributed by atoms with Crippen molar-refractivity contribution in [1.29, 1.82) is 0 Å². The van der Waals surface area contributed by atoms with Crippen molar-refractivity contribution in [3.8, 4) is 0 Å². The van der Waals surface area contributed by atoms with Crippen LogP contribution in [0.1, 0.15) is 86.2 Å². The first-order valence-electron chi connectivity index (χ1n) is 10.9. The van der Waals surface area contributed by atoms with Crippen molar-refractivity contribution < 1.29 is 18.0 Å². The summed E-state index contributed by atoms with van der Waals surface area (Å²) in [6.07, 6.45) is -2.39. The quantitative estimate of drug-likeness (QED) is 0.739. The highest BCUT2D eigenvalue weighted by atomic mass is 19.4. The Kier molecular flexibility index (Phi) is 5.74. The Hall–Kier alpha value is -2.52. The first-order chi connectivity index (χ1) is 14.7. The monoisotopic (exact) mass is 438 g/mol. The van der Waals surface area contributed by atoms with E-state index in [4.69, 9.17) is 0 Å². The lowest BCUT2D eigenvalue weighted by atomic mass is 9.93. The van der Waals surface area contributed by atoms with E-state index in [2.05, 4.69) is 20.6 Å². The number of alkyl halides is 3. The minimum Gasteiger partial charge on any atom is -0.367 e. The standard InChI is InChI=1S/C21H29F3N6O/c1-4-14-9-18(21(22,23)24)30-19(25-14)11-16(28-30)13-5-7-29(8-6-13)20(31)17-10-15(12(2)3)26-27-17/h10-14,18,25H,4-9H2,1-3H3,(H,26,27)/t14-,18-/m1/s1. The zero-order chi connectivity index (χ0) is 22.3. The Balaban J connectivity index is 1.45. The second kappa shape index (κ2) is 8.20. The number of fused-ring (bicyclic) bond motifs is 1. The highest BCUT2D eigenvalue weighted by Crippen LogP contribution is 2.41. The maximum atomic E-state index is 13.6. The topological polar surface area (TPSA) is 78.8 Å². The maximum absolute atomic E-state index is 13.6. The summed E-state index contributed by atoms with van der Waals surface area (Å²) in [5.74, 6) is 0.610. The Morgan fingerprint density at radius 1 is 1.26 bits per heavy atom. The highest BCUT2D eigenvalue weighted by Gasteiger charge is 2.46. The van der Waals surface area contributed by atoms with Gasteiger partial charge >= 0.3 is 6.18 Å². The van der Waals surface area contributed by atoms with Gasteiger partial charge < -0.3 is 10.2 Å². The Morgan fingerprint density at radius 3 is 2.55 bits per heavy atom. The molecule has 2 aliphatic rings. The number of hydrogen-bond donors (Lipinski definition) is 2. The minimum atomic E-state index is -4.33. The fourth-order valence-corrected chi connectivity index (χ4v) is 4.42. The van der Waals surface area contributed by atoms with Crippen LogP contribution < -0.4 is 5.32 Å². The van der Waals surface area contributed by atoms with Crippen LogP contribution in [0.4, 0.5) is 19.0 Å². The number of carbonyl (C=O) groups excluding carboxylic acids is 1. The van der Waals surface area contributed by atoms with E-state index in [1.54, 1.807) is 17.0 Å². The number of halogens is 3. The van der Waals surface area contributed by atoms with Crippen molar-refractivity contribution in [3.63, 3.8) is 0 Å². The zero-order valence-corrected chi connectivity index (χ0v) is 18.0. The summed E-state index contributed by atoms with van der Waals surface area (Å²) in [4.78, 5) is 14.5. The molecule has 1 saturated heterocycles. The molecule has 4 heterocycles. The van der Waals surface area contributed by atoms with Crippen molar-refractivity contribution in [3.05, 3.63) is 29.2 Å². The lowest BCUT2D eigenvalue weighted by Gasteiger charge is -2.32. The van der Waals surface area contributed by atoms with E-state index < -0.39 is 12.2 Å². The molecule has 170 valence electrons. The lowest BCUT2D eigenvalue weighted by Crippen LogP contribution is -2.39. The third-order valence-electron chi connectivity index (χ3n) is 6.42. The van der Waals surface area contributed by atoms with E-state index in [1.165, 1.54) is 0 Å². The number of nitrogens with one attached hydrogen (secondary N) is 2. The molecule has 2 aromatic rings. The van der Waals surface area contributed by atoms with Gasteiger partial charge in [-0.1, -0.05) is 20.8 Å². The van der Waals surface area contributed by atoms with Crippen molar-refractivity contribution in [1.82, 2.24) is 24.9 Å². The number of likely N-dealkylation sites (tertiary alicyclic amines) is 1. The predicted molar refractivity (Wildman–Crippen MR) is 110 cm³/mol. The molecule has 2 atom stereocenters. The van der Waals surface area contributed by atoms with Crippen LogP contribution in [0.15, 0.2) is 12.1 Å². The Labute approximate surface area is 179 Å². The third-order valence-corrected chi connectivity index (χ3v) is 6.42. The summed E-state index contributed by atoms with van der Waals surface area (Å²) >= 11 is 0. The van der Waals surface area contributed by atoms with Gasteiger partial charge in [0.1, 0.15) is 11.5 Å². The van der Waals surface area contributed by atoms with Gasteiger partial charge in [0.2, 0.25) is 0 Å². The van der Waals surface area contributed by atoms with E-state index in [-0.39, 0.29) is 30.2 Å². The summed E-state index contributed by atoms with van der Waals surface area (Å²) in [5.41, 5.74) is 1.99. The number of piperidine rings is 1. The van der Waals surface area contributed by atoms with Gasteiger partial charge in [-0.15, -0.1) is 0 Å². The van der Waals surface area contributed by atoms with E-state index in [0.29, 0.717) is 49.6 Å². The van der Waals surface area contributed by atoms with Crippen LogP contribution in [0, 0.1) is 0 Å². The number of aromatic nitrogens is 4. The molecule has 2 aromatic heterocycles. The molecule has 0 radical (unpaired) electrons. The van der Waals surface area contributed by atoms with Gasteiger partial charge in [0, 0.05) is 36.8 Å². The summed E-state index contributed by atoms with van der Waals surface area (Å²) in [5, 5.41) is 14.6. The molecule has 7 nitrogen and oxygen atoms in total. The van der Waals surface area contributed by atoms with Gasteiger partial charge in [0.05, 0.1) is 5.69 Å². The molecule has 2 N–H and O–H groups in total. The number of anilines is 1. The maximum Gasteiger partial charge on any atom is 0.410 e. The van der Waals surface area contributed by atoms with Gasteiger partial charge in [-0.3, -0.25) is 9.89 Å². The van der Waals surface area contributed by atoms with Gasteiger partial charge in [0.25, 0.3) is 5.91 Å². The molecule has 4 rings (SSSR count). The molecule has 1 fully saturated rings. The number of nitrogens with zero attached hydrogens (tertiary/aromatic N) is 4. The number of amides is 1. The average molecular weight is 438 g/mol. The molecule has 0 aromatic carbocycles. The van der Waals surface area contributed by atoms with Crippen LogP contribution in [-0.2, 0) is 0 Å². The fraction of sp³-hybridized carbons (Fsp3) is 0.667.